The van der Waals surface area contributed by atoms with Gasteiger partial charge in [0.1, 0.15) is 6.10 Å². The number of unbranched alkanes of at least 4 members (excludes halogenated alkanes) is 22. The fourth-order valence-electron chi connectivity index (χ4n) is 5.16. The second-order valence-electron chi connectivity index (χ2n) is 13.5. The van der Waals surface area contributed by atoms with Crippen molar-refractivity contribution in [2.75, 3.05) is 54.1 Å². The summed E-state index contributed by atoms with van der Waals surface area (Å²) < 4.78 is 28.2. The normalized spacial score (nSPS) is 14.3. The van der Waals surface area contributed by atoms with E-state index in [1.54, 1.807) is 0 Å². The van der Waals surface area contributed by atoms with Gasteiger partial charge in [-0.3, -0.25) is 4.57 Å². The van der Waals surface area contributed by atoms with Crippen LogP contribution in [0.25, 0.3) is 0 Å². The first-order chi connectivity index (χ1) is 20.2. The molecule has 0 saturated carbocycles. The van der Waals surface area contributed by atoms with Crippen molar-refractivity contribution in [2.24, 2.45) is 0 Å². The van der Waals surface area contributed by atoms with Gasteiger partial charge >= 0.3 is 0 Å². The minimum Gasteiger partial charge on any atom is -0.756 e. The first-order valence-electron chi connectivity index (χ1n) is 17.8. The largest absolute Gasteiger partial charge is 0.756 e. The highest BCUT2D eigenvalue weighted by Gasteiger charge is 2.13. The van der Waals surface area contributed by atoms with Gasteiger partial charge < -0.3 is 28.3 Å². The number of aliphatic hydroxyl groups excluding tert-OH is 1. The smallest absolute Gasteiger partial charge is 0.267 e. The molecule has 0 bridgehead atoms. The molecule has 2 unspecified atom stereocenters. The zero-order chi connectivity index (χ0) is 31.2. The lowest BCUT2D eigenvalue weighted by atomic mass is 10.0. The van der Waals surface area contributed by atoms with Crippen LogP contribution in [0.4, 0.5) is 0 Å². The summed E-state index contributed by atoms with van der Waals surface area (Å²) in [5.41, 5.74) is 0. The maximum Gasteiger partial charge on any atom is 0.267 e. The molecule has 1 N–H and O–H groups in total. The van der Waals surface area contributed by atoms with Crippen LogP contribution in [0.5, 0.6) is 0 Å². The van der Waals surface area contributed by atoms with E-state index in [2.05, 4.69) is 28.1 Å². The molecule has 0 aliphatic rings. The Labute approximate surface area is 261 Å². The lowest BCUT2D eigenvalue weighted by Gasteiger charge is -2.24. The van der Waals surface area contributed by atoms with Gasteiger partial charge in [-0.25, -0.2) is 0 Å². The van der Waals surface area contributed by atoms with Crippen LogP contribution in [-0.2, 0) is 18.3 Å². The SMILES string of the molecule is CCCCCCCCCCCCCCCCCCOCC(O)COP(=O)([O-])OCCCCCCCCCC[N+](C)(C)C. The summed E-state index contributed by atoms with van der Waals surface area (Å²) in [5.74, 6) is 0. The third kappa shape index (κ3) is 34.5. The predicted molar refractivity (Wildman–Crippen MR) is 176 cm³/mol. The van der Waals surface area contributed by atoms with Crippen molar-refractivity contribution in [1.82, 2.24) is 0 Å². The second-order valence-corrected chi connectivity index (χ2v) is 14.9. The molecule has 0 aliphatic heterocycles. The first-order valence-corrected chi connectivity index (χ1v) is 19.3. The number of hydrogen-bond acceptors (Lipinski definition) is 6. The standard InChI is InChI=1S/C34H72NO6P/c1-5-6-7-8-9-10-11-12-13-14-15-16-18-21-24-27-30-39-32-34(36)33-41-42(37,38)40-31-28-25-22-19-17-20-23-26-29-35(2,3)4/h34,36H,5-33H2,1-4H3. The predicted octanol–water partition coefficient (Wildman–Crippen LogP) is 8.95. The highest BCUT2D eigenvalue weighted by atomic mass is 31.2. The monoisotopic (exact) mass is 622 g/mol. The molecule has 0 heterocycles. The van der Waals surface area contributed by atoms with E-state index in [-0.39, 0.29) is 19.8 Å². The van der Waals surface area contributed by atoms with E-state index >= 15 is 0 Å². The summed E-state index contributed by atoms with van der Waals surface area (Å²) in [6, 6.07) is 0. The van der Waals surface area contributed by atoms with E-state index in [0.717, 1.165) is 30.2 Å². The number of hydrogen-bond donors (Lipinski definition) is 1. The molecule has 0 aromatic carbocycles. The number of rotatable bonds is 34. The summed E-state index contributed by atoms with van der Waals surface area (Å²) in [6.07, 6.45) is 29.3. The average molecular weight is 622 g/mol. The van der Waals surface area contributed by atoms with Gasteiger partial charge in [0.25, 0.3) is 7.82 Å². The third-order valence-corrected chi connectivity index (χ3v) is 8.81. The molecular formula is C34H72NO6P. The van der Waals surface area contributed by atoms with Gasteiger partial charge in [-0.05, 0) is 25.7 Å². The van der Waals surface area contributed by atoms with Crippen LogP contribution in [0.2, 0.25) is 0 Å². The molecule has 42 heavy (non-hydrogen) atoms. The van der Waals surface area contributed by atoms with Crippen molar-refractivity contribution in [2.45, 2.75) is 167 Å². The highest BCUT2D eigenvalue weighted by Crippen LogP contribution is 2.38. The molecule has 0 radical (unpaired) electrons. The van der Waals surface area contributed by atoms with Crippen LogP contribution in [0.3, 0.4) is 0 Å². The van der Waals surface area contributed by atoms with Gasteiger partial charge in [0, 0.05) is 6.61 Å². The Morgan fingerprint density at radius 2 is 0.952 bits per heavy atom. The molecule has 8 heteroatoms. The Balaban J connectivity index is 3.40. The molecule has 0 aromatic heterocycles. The summed E-state index contributed by atoms with van der Waals surface area (Å²) in [6.45, 7) is 3.96. The molecule has 0 aromatic rings. The Kier molecular flexibility index (Phi) is 29.7. The topological polar surface area (TPSA) is 88.0 Å². The highest BCUT2D eigenvalue weighted by molar-refractivity contribution is 7.45. The van der Waals surface area contributed by atoms with Crippen LogP contribution in [0.1, 0.15) is 161 Å². The second kappa shape index (κ2) is 29.7. The zero-order valence-electron chi connectivity index (χ0n) is 28.5. The van der Waals surface area contributed by atoms with Crippen LogP contribution in [0, 0.1) is 0 Å². The van der Waals surface area contributed by atoms with Crippen LogP contribution < -0.4 is 4.89 Å². The molecular weight excluding hydrogens is 549 g/mol. The molecule has 254 valence electrons. The van der Waals surface area contributed by atoms with E-state index in [1.807, 2.05) is 0 Å². The lowest BCUT2D eigenvalue weighted by Crippen LogP contribution is -2.35. The Morgan fingerprint density at radius 1 is 0.571 bits per heavy atom. The molecule has 0 amide bonds. The maximum absolute atomic E-state index is 11.9. The summed E-state index contributed by atoms with van der Waals surface area (Å²) in [5, 5.41) is 9.97. The lowest BCUT2D eigenvalue weighted by molar-refractivity contribution is -0.870. The van der Waals surface area contributed by atoms with E-state index in [9.17, 15) is 14.6 Å². The molecule has 0 spiro atoms. The van der Waals surface area contributed by atoms with E-state index in [0.29, 0.717) is 13.0 Å². The summed E-state index contributed by atoms with van der Waals surface area (Å²) in [7, 11) is 2.31. The fraction of sp³-hybridized carbons (Fsp3) is 1.00. The number of ether oxygens (including phenoxy) is 1. The minimum absolute atomic E-state index is 0.0775. The Hall–Kier alpha value is -0.0100. The van der Waals surface area contributed by atoms with Crippen molar-refractivity contribution in [3.05, 3.63) is 0 Å². The third-order valence-electron chi connectivity index (χ3n) is 7.85. The van der Waals surface area contributed by atoms with Gasteiger partial charge in [-0.1, -0.05) is 135 Å². The van der Waals surface area contributed by atoms with Gasteiger partial charge in [-0.2, -0.15) is 0 Å². The number of quaternary nitrogens is 1. The average Bonchev–Trinajstić information content (AvgIpc) is 2.93. The Morgan fingerprint density at radius 3 is 1.38 bits per heavy atom. The quantitative estimate of drug-likeness (QED) is 0.0438. The summed E-state index contributed by atoms with van der Waals surface area (Å²) >= 11 is 0. The molecule has 0 rings (SSSR count). The van der Waals surface area contributed by atoms with Gasteiger partial charge in [0.2, 0.25) is 0 Å². The van der Waals surface area contributed by atoms with Crippen LogP contribution >= 0.6 is 7.82 Å². The van der Waals surface area contributed by atoms with Crippen LogP contribution in [-0.4, -0.2) is 69.8 Å². The van der Waals surface area contributed by atoms with Crippen molar-refractivity contribution in [3.8, 4) is 0 Å². The molecule has 7 nitrogen and oxygen atoms in total. The molecule has 2 atom stereocenters. The van der Waals surface area contributed by atoms with Crippen LogP contribution in [0.15, 0.2) is 0 Å². The fourth-order valence-corrected chi connectivity index (χ4v) is 5.94. The summed E-state index contributed by atoms with van der Waals surface area (Å²) in [4.78, 5) is 11.9. The van der Waals surface area contributed by atoms with Crippen molar-refractivity contribution in [3.63, 3.8) is 0 Å². The van der Waals surface area contributed by atoms with Crippen molar-refractivity contribution < 1.29 is 32.8 Å². The molecule has 0 aliphatic carbocycles. The van der Waals surface area contributed by atoms with Gasteiger partial charge in [-0.15, -0.1) is 0 Å². The maximum atomic E-state index is 11.9. The van der Waals surface area contributed by atoms with E-state index in [4.69, 9.17) is 13.8 Å². The van der Waals surface area contributed by atoms with Gasteiger partial charge in [0.15, 0.2) is 0 Å². The minimum atomic E-state index is -4.38. The molecule has 0 fully saturated rings. The molecule has 0 saturated heterocycles. The number of phosphoric acid groups is 1. The zero-order valence-corrected chi connectivity index (χ0v) is 29.4. The van der Waals surface area contributed by atoms with Gasteiger partial charge in [0.05, 0.1) is 47.5 Å². The van der Waals surface area contributed by atoms with Crippen molar-refractivity contribution >= 4 is 7.82 Å². The number of nitrogens with zero attached hydrogens (tertiary/aromatic N) is 1. The number of phosphoric ester groups is 1. The Bertz CT molecular complexity index is 601. The number of aliphatic hydroxyl groups is 1. The first kappa shape index (κ1) is 42.0. The van der Waals surface area contributed by atoms with Crippen molar-refractivity contribution in [1.29, 1.82) is 0 Å². The van der Waals surface area contributed by atoms with E-state index in [1.165, 1.54) is 129 Å². The van der Waals surface area contributed by atoms with E-state index < -0.39 is 13.9 Å².